The van der Waals surface area contributed by atoms with E-state index in [0.717, 1.165) is 50.3 Å². The number of hydrogen-bond acceptors (Lipinski definition) is 5. The Morgan fingerprint density at radius 1 is 1.00 bits per heavy atom. The fraction of sp³-hybridized carbons (Fsp3) is 0.182. The topological polar surface area (TPSA) is 82.6 Å². The van der Waals surface area contributed by atoms with Crippen molar-refractivity contribution >= 4 is 27.8 Å². The summed E-state index contributed by atoms with van der Waals surface area (Å²) < 4.78 is 5.08. The summed E-state index contributed by atoms with van der Waals surface area (Å²) in [5.74, 6) is 0.813. The lowest BCUT2D eigenvalue weighted by Crippen LogP contribution is -2.21. The Balaban J connectivity index is 1.84. The molecule has 0 atom stereocenters. The molecule has 0 saturated heterocycles. The van der Waals surface area contributed by atoms with Crippen molar-refractivity contribution in [3.8, 4) is 16.8 Å². The predicted molar refractivity (Wildman–Crippen MR) is 118 cm³/mol. The van der Waals surface area contributed by atoms with Gasteiger partial charge in [-0.1, -0.05) is 6.07 Å². The molecule has 0 bridgehead atoms. The molecule has 0 unspecified atom stereocenters. The van der Waals surface area contributed by atoms with E-state index in [-0.39, 0.29) is 5.69 Å². The van der Waals surface area contributed by atoms with Gasteiger partial charge < -0.3 is 5.32 Å². The number of aromatic nitrogens is 6. The molecule has 0 radical (unpaired) electrons. The number of nitrogens with one attached hydrogen (secondary N) is 1. The van der Waals surface area contributed by atoms with Gasteiger partial charge in [-0.3, -0.25) is 18.8 Å². The molecule has 5 aromatic rings. The molecule has 4 heterocycles. The summed E-state index contributed by atoms with van der Waals surface area (Å²) in [6.07, 6.45) is 5.46. The third kappa shape index (κ3) is 2.61. The van der Waals surface area contributed by atoms with Gasteiger partial charge in [-0.25, -0.2) is 9.78 Å². The number of nitrogens with zero attached hydrogens (tertiary/aromatic N) is 6. The highest BCUT2D eigenvalue weighted by Crippen LogP contribution is 2.30. The third-order valence-corrected chi connectivity index (χ3v) is 5.46. The number of benzene rings is 1. The van der Waals surface area contributed by atoms with E-state index in [0.29, 0.717) is 0 Å². The zero-order valence-corrected chi connectivity index (χ0v) is 17.2. The van der Waals surface area contributed by atoms with Crippen molar-refractivity contribution in [3.63, 3.8) is 0 Å². The maximum Gasteiger partial charge on any atom is 0.333 e. The molecule has 4 aromatic heterocycles. The van der Waals surface area contributed by atoms with Crippen LogP contribution in [-0.2, 0) is 14.1 Å². The number of imidazole rings is 1. The van der Waals surface area contributed by atoms with Crippen LogP contribution in [0, 0.1) is 6.92 Å². The van der Waals surface area contributed by atoms with Crippen LogP contribution < -0.4 is 11.0 Å². The molecule has 1 aromatic carbocycles. The van der Waals surface area contributed by atoms with E-state index >= 15 is 0 Å². The number of pyridine rings is 2. The smallest absolute Gasteiger partial charge is 0.333 e. The number of fused-ring (bicyclic) bond motifs is 3. The minimum atomic E-state index is -0.124. The van der Waals surface area contributed by atoms with Crippen LogP contribution in [0.25, 0.3) is 38.8 Å². The zero-order valence-electron chi connectivity index (χ0n) is 17.2. The molecule has 0 fully saturated rings. The first-order valence-corrected chi connectivity index (χ1v) is 9.63. The molecule has 0 amide bonds. The first-order chi connectivity index (χ1) is 14.5. The molecule has 0 aliphatic carbocycles. The van der Waals surface area contributed by atoms with E-state index in [4.69, 9.17) is 0 Å². The highest BCUT2D eigenvalue weighted by atomic mass is 16.1. The second kappa shape index (κ2) is 6.55. The van der Waals surface area contributed by atoms with Crippen LogP contribution in [0.1, 0.15) is 5.69 Å². The van der Waals surface area contributed by atoms with Crippen molar-refractivity contribution in [2.75, 3.05) is 12.4 Å². The molecule has 0 saturated carbocycles. The van der Waals surface area contributed by atoms with Gasteiger partial charge in [0.2, 0.25) is 0 Å². The molecule has 0 spiro atoms. The predicted octanol–water partition coefficient (Wildman–Crippen LogP) is 3.02. The Labute approximate surface area is 172 Å². The van der Waals surface area contributed by atoms with Crippen molar-refractivity contribution in [2.45, 2.75) is 6.92 Å². The van der Waals surface area contributed by atoms with Crippen molar-refractivity contribution < 1.29 is 0 Å². The van der Waals surface area contributed by atoms with Gasteiger partial charge in [0.15, 0.2) is 0 Å². The second-order valence-electron chi connectivity index (χ2n) is 7.36. The van der Waals surface area contributed by atoms with Gasteiger partial charge in [0.05, 0.1) is 34.1 Å². The molecule has 0 aliphatic heterocycles. The SMILES string of the molecule is CNc1ccc(-c2ccc3ncc4c(c3c2)n(-c2cn(C)nc2C)c(=O)n4C)cn1. The molecule has 150 valence electrons. The fourth-order valence-corrected chi connectivity index (χ4v) is 3.92. The van der Waals surface area contributed by atoms with Crippen LogP contribution in [-0.4, -0.2) is 35.9 Å². The lowest BCUT2D eigenvalue weighted by atomic mass is 10.0. The summed E-state index contributed by atoms with van der Waals surface area (Å²) >= 11 is 0. The fourth-order valence-electron chi connectivity index (χ4n) is 3.92. The van der Waals surface area contributed by atoms with E-state index in [2.05, 4.69) is 26.4 Å². The number of hydrogen-bond donors (Lipinski definition) is 1. The molecular formula is C22H21N7O. The van der Waals surface area contributed by atoms with Gasteiger partial charge in [-0.2, -0.15) is 5.10 Å². The lowest BCUT2D eigenvalue weighted by molar-refractivity contribution is 0.756. The molecule has 30 heavy (non-hydrogen) atoms. The normalized spacial score (nSPS) is 11.5. The largest absolute Gasteiger partial charge is 0.373 e. The molecule has 8 nitrogen and oxygen atoms in total. The summed E-state index contributed by atoms with van der Waals surface area (Å²) in [4.78, 5) is 22.2. The van der Waals surface area contributed by atoms with E-state index < -0.39 is 0 Å². The van der Waals surface area contributed by atoms with E-state index in [1.165, 1.54) is 0 Å². The van der Waals surface area contributed by atoms with Gasteiger partial charge in [-0.05, 0) is 36.8 Å². The Morgan fingerprint density at radius 3 is 2.47 bits per heavy atom. The van der Waals surface area contributed by atoms with Crippen LogP contribution in [0.5, 0.6) is 0 Å². The Bertz CT molecular complexity index is 1470. The van der Waals surface area contributed by atoms with Crippen LogP contribution >= 0.6 is 0 Å². The van der Waals surface area contributed by atoms with Gasteiger partial charge in [0.1, 0.15) is 5.82 Å². The van der Waals surface area contributed by atoms with Crippen molar-refractivity contribution in [1.82, 2.24) is 28.9 Å². The van der Waals surface area contributed by atoms with Crippen molar-refractivity contribution in [1.29, 1.82) is 0 Å². The zero-order chi connectivity index (χ0) is 21.0. The maximum absolute atomic E-state index is 13.2. The summed E-state index contributed by atoms with van der Waals surface area (Å²) in [6, 6.07) is 10.0. The summed E-state index contributed by atoms with van der Waals surface area (Å²) in [5, 5.41) is 8.36. The van der Waals surface area contributed by atoms with Crippen LogP contribution in [0.4, 0.5) is 5.82 Å². The quantitative estimate of drug-likeness (QED) is 0.504. The van der Waals surface area contributed by atoms with Crippen LogP contribution in [0.2, 0.25) is 0 Å². The van der Waals surface area contributed by atoms with Gasteiger partial charge in [-0.15, -0.1) is 0 Å². The minimum Gasteiger partial charge on any atom is -0.373 e. The number of rotatable bonds is 3. The average Bonchev–Trinajstić information content (AvgIpc) is 3.22. The third-order valence-electron chi connectivity index (χ3n) is 5.46. The summed E-state index contributed by atoms with van der Waals surface area (Å²) in [5.41, 5.74) is 5.87. The first-order valence-electron chi connectivity index (χ1n) is 9.63. The highest BCUT2D eigenvalue weighted by molar-refractivity contribution is 6.04. The van der Waals surface area contributed by atoms with Gasteiger partial charge in [0, 0.05) is 44.5 Å². The second-order valence-corrected chi connectivity index (χ2v) is 7.36. The Kier molecular flexibility index (Phi) is 3.95. The van der Waals surface area contributed by atoms with Crippen molar-refractivity contribution in [2.24, 2.45) is 14.1 Å². The molecule has 0 aliphatic rings. The van der Waals surface area contributed by atoms with E-state index in [9.17, 15) is 4.79 Å². The summed E-state index contributed by atoms with van der Waals surface area (Å²) in [6.45, 7) is 1.91. The van der Waals surface area contributed by atoms with E-state index in [1.807, 2.05) is 57.7 Å². The monoisotopic (exact) mass is 399 g/mol. The highest BCUT2D eigenvalue weighted by Gasteiger charge is 2.19. The average molecular weight is 399 g/mol. The minimum absolute atomic E-state index is 0.124. The number of anilines is 1. The summed E-state index contributed by atoms with van der Waals surface area (Å²) in [7, 11) is 5.46. The Hall–Kier alpha value is -3.94. The van der Waals surface area contributed by atoms with Crippen LogP contribution in [0.15, 0.2) is 53.7 Å². The molecule has 8 heteroatoms. The maximum atomic E-state index is 13.2. The van der Waals surface area contributed by atoms with Crippen LogP contribution in [0.3, 0.4) is 0 Å². The standard InChI is InChI=1S/C22H21N7O/c1-13-19(12-27(3)26-13)29-21-16-9-14(15-6-8-20(23-2)25-10-15)5-7-17(16)24-11-18(21)28(4)22(29)30/h5-12H,1-4H3,(H,23,25). The van der Waals surface area contributed by atoms with Gasteiger partial charge in [0.25, 0.3) is 0 Å². The molecule has 5 rings (SSSR count). The first kappa shape index (κ1) is 18.1. The van der Waals surface area contributed by atoms with Crippen molar-refractivity contribution in [3.05, 3.63) is 65.1 Å². The van der Waals surface area contributed by atoms with E-state index in [1.54, 1.807) is 27.1 Å². The Morgan fingerprint density at radius 2 is 1.80 bits per heavy atom. The molecule has 1 N–H and O–H groups in total. The van der Waals surface area contributed by atoms with Gasteiger partial charge >= 0.3 is 5.69 Å². The molecular weight excluding hydrogens is 378 g/mol. The lowest BCUT2D eigenvalue weighted by Gasteiger charge is -2.08. The number of aryl methyl sites for hydroxylation is 3.